The highest BCUT2D eigenvalue weighted by Gasteiger charge is 2.26. The predicted octanol–water partition coefficient (Wildman–Crippen LogP) is -0.290. The molecule has 0 aliphatic carbocycles. The molecule has 1 atom stereocenters. The summed E-state index contributed by atoms with van der Waals surface area (Å²) >= 11 is 0. The predicted molar refractivity (Wildman–Crippen MR) is 61.7 cm³/mol. The van der Waals surface area contributed by atoms with E-state index in [9.17, 15) is 9.59 Å². The maximum atomic E-state index is 11.8. The molecule has 0 spiro atoms. The van der Waals surface area contributed by atoms with Crippen molar-refractivity contribution < 1.29 is 9.59 Å². The molecule has 92 valence electrons. The maximum Gasteiger partial charge on any atom is 0.223 e. The Kier molecular flexibility index (Phi) is 5.25. The standard InChI is InChI=1S/C11H21N3O2/c1-2-13-6-5-10(15)14-7-3-4-9(8-14)11(12)16/h9,13H,2-8H2,1H3,(H2,12,16). The van der Waals surface area contributed by atoms with Crippen molar-refractivity contribution in [1.82, 2.24) is 10.2 Å². The first-order valence-electron chi connectivity index (χ1n) is 5.93. The molecule has 2 amide bonds. The van der Waals surface area contributed by atoms with Crippen molar-refractivity contribution in [1.29, 1.82) is 0 Å². The molecular formula is C11H21N3O2. The zero-order valence-corrected chi connectivity index (χ0v) is 9.87. The van der Waals surface area contributed by atoms with Crippen molar-refractivity contribution in [2.24, 2.45) is 11.7 Å². The second-order valence-corrected chi connectivity index (χ2v) is 4.18. The molecule has 5 heteroatoms. The molecule has 16 heavy (non-hydrogen) atoms. The van der Waals surface area contributed by atoms with Crippen LogP contribution >= 0.6 is 0 Å². The Morgan fingerprint density at radius 3 is 2.88 bits per heavy atom. The van der Waals surface area contributed by atoms with Crippen LogP contribution in [0.15, 0.2) is 0 Å². The minimum atomic E-state index is -0.288. The van der Waals surface area contributed by atoms with E-state index >= 15 is 0 Å². The molecule has 0 radical (unpaired) electrons. The number of carbonyl (C=O) groups excluding carboxylic acids is 2. The number of nitrogens with two attached hydrogens (primary N) is 1. The summed E-state index contributed by atoms with van der Waals surface area (Å²) in [5.74, 6) is -0.326. The van der Waals surface area contributed by atoms with Crippen molar-refractivity contribution in [3.63, 3.8) is 0 Å². The fraction of sp³-hybridized carbons (Fsp3) is 0.818. The molecule has 1 saturated heterocycles. The first kappa shape index (κ1) is 13.0. The third-order valence-electron chi connectivity index (χ3n) is 2.94. The molecule has 1 rings (SSSR count). The van der Waals surface area contributed by atoms with Crippen LogP contribution in [0, 0.1) is 5.92 Å². The maximum absolute atomic E-state index is 11.8. The number of piperidine rings is 1. The number of likely N-dealkylation sites (tertiary alicyclic amines) is 1. The lowest BCUT2D eigenvalue weighted by atomic mass is 9.97. The monoisotopic (exact) mass is 227 g/mol. The largest absolute Gasteiger partial charge is 0.369 e. The first-order valence-corrected chi connectivity index (χ1v) is 5.93. The average molecular weight is 227 g/mol. The molecule has 1 aliphatic heterocycles. The van der Waals surface area contributed by atoms with E-state index in [1.54, 1.807) is 4.90 Å². The van der Waals surface area contributed by atoms with Crippen LogP contribution in [-0.4, -0.2) is 42.9 Å². The number of primary amides is 1. The zero-order valence-electron chi connectivity index (χ0n) is 9.87. The number of nitrogens with zero attached hydrogens (tertiary/aromatic N) is 1. The summed E-state index contributed by atoms with van der Waals surface area (Å²) in [6, 6.07) is 0. The summed E-state index contributed by atoms with van der Waals surface area (Å²) in [6.45, 7) is 4.84. The lowest BCUT2D eigenvalue weighted by Crippen LogP contribution is -2.44. The van der Waals surface area contributed by atoms with Gasteiger partial charge in [-0.15, -0.1) is 0 Å². The highest BCUT2D eigenvalue weighted by atomic mass is 16.2. The average Bonchev–Trinajstić information content (AvgIpc) is 2.29. The van der Waals surface area contributed by atoms with Gasteiger partial charge in [0, 0.05) is 26.1 Å². The molecule has 0 saturated carbocycles. The molecule has 5 nitrogen and oxygen atoms in total. The topological polar surface area (TPSA) is 75.4 Å². The molecule has 0 aromatic carbocycles. The van der Waals surface area contributed by atoms with E-state index in [4.69, 9.17) is 5.73 Å². The van der Waals surface area contributed by atoms with Gasteiger partial charge in [0.05, 0.1) is 5.92 Å². The van der Waals surface area contributed by atoms with Gasteiger partial charge in [-0.1, -0.05) is 6.92 Å². The summed E-state index contributed by atoms with van der Waals surface area (Å²) in [7, 11) is 0. The van der Waals surface area contributed by atoms with Gasteiger partial charge in [0.15, 0.2) is 0 Å². The SMILES string of the molecule is CCNCCC(=O)N1CCCC(C(N)=O)C1. The van der Waals surface area contributed by atoms with E-state index in [0.29, 0.717) is 19.5 Å². The van der Waals surface area contributed by atoms with Crippen molar-refractivity contribution in [2.75, 3.05) is 26.2 Å². The van der Waals surface area contributed by atoms with E-state index in [-0.39, 0.29) is 17.7 Å². The van der Waals surface area contributed by atoms with Gasteiger partial charge < -0.3 is 16.0 Å². The molecule has 0 aromatic rings. The second-order valence-electron chi connectivity index (χ2n) is 4.18. The number of carbonyl (C=O) groups is 2. The van der Waals surface area contributed by atoms with Gasteiger partial charge >= 0.3 is 0 Å². The quantitative estimate of drug-likeness (QED) is 0.634. The van der Waals surface area contributed by atoms with E-state index in [1.807, 2.05) is 6.92 Å². The first-order chi connectivity index (χ1) is 7.65. The van der Waals surface area contributed by atoms with Crippen molar-refractivity contribution in [3.8, 4) is 0 Å². The van der Waals surface area contributed by atoms with Gasteiger partial charge in [0.1, 0.15) is 0 Å². The van der Waals surface area contributed by atoms with Crippen LogP contribution in [0.25, 0.3) is 0 Å². The molecule has 1 heterocycles. The summed E-state index contributed by atoms with van der Waals surface area (Å²) in [5, 5.41) is 3.11. The van der Waals surface area contributed by atoms with E-state index in [0.717, 1.165) is 25.9 Å². The summed E-state index contributed by atoms with van der Waals surface area (Å²) in [6.07, 6.45) is 2.19. The Hall–Kier alpha value is -1.10. The van der Waals surface area contributed by atoms with Crippen LogP contribution in [0.5, 0.6) is 0 Å². The summed E-state index contributed by atoms with van der Waals surface area (Å²) in [4.78, 5) is 24.6. The Labute approximate surface area is 96.4 Å². The number of amides is 2. The summed E-state index contributed by atoms with van der Waals surface area (Å²) < 4.78 is 0. The minimum Gasteiger partial charge on any atom is -0.369 e. The number of hydrogen-bond donors (Lipinski definition) is 2. The Bertz CT molecular complexity index is 256. The number of rotatable bonds is 5. The van der Waals surface area contributed by atoms with Crippen LogP contribution in [-0.2, 0) is 9.59 Å². The Morgan fingerprint density at radius 2 is 2.25 bits per heavy atom. The van der Waals surface area contributed by atoms with Gasteiger partial charge in [0.25, 0.3) is 0 Å². The lowest BCUT2D eigenvalue weighted by Gasteiger charge is -2.31. The molecule has 0 bridgehead atoms. The fourth-order valence-electron chi connectivity index (χ4n) is 1.97. The van der Waals surface area contributed by atoms with Gasteiger partial charge in [-0.2, -0.15) is 0 Å². The molecular weight excluding hydrogens is 206 g/mol. The minimum absolute atomic E-state index is 0.118. The highest BCUT2D eigenvalue weighted by molar-refractivity contribution is 5.80. The van der Waals surface area contributed by atoms with Gasteiger partial charge in [-0.25, -0.2) is 0 Å². The lowest BCUT2D eigenvalue weighted by molar-refractivity contribution is -0.134. The van der Waals surface area contributed by atoms with Gasteiger partial charge in [0.2, 0.25) is 11.8 Å². The van der Waals surface area contributed by atoms with Crippen LogP contribution in [0.1, 0.15) is 26.2 Å². The molecule has 1 fully saturated rings. The van der Waals surface area contributed by atoms with E-state index in [1.165, 1.54) is 0 Å². The second kappa shape index (κ2) is 6.48. The van der Waals surface area contributed by atoms with Crippen molar-refractivity contribution in [2.45, 2.75) is 26.2 Å². The number of nitrogens with one attached hydrogen (secondary N) is 1. The Morgan fingerprint density at radius 1 is 1.50 bits per heavy atom. The Balaban J connectivity index is 2.35. The highest BCUT2D eigenvalue weighted by Crippen LogP contribution is 2.16. The van der Waals surface area contributed by atoms with Crippen molar-refractivity contribution in [3.05, 3.63) is 0 Å². The van der Waals surface area contributed by atoms with Crippen molar-refractivity contribution >= 4 is 11.8 Å². The van der Waals surface area contributed by atoms with Crippen LogP contribution in [0.3, 0.4) is 0 Å². The van der Waals surface area contributed by atoms with Gasteiger partial charge in [-0.3, -0.25) is 9.59 Å². The normalized spacial score (nSPS) is 20.8. The van der Waals surface area contributed by atoms with E-state index < -0.39 is 0 Å². The third-order valence-corrected chi connectivity index (χ3v) is 2.94. The molecule has 3 N–H and O–H groups in total. The van der Waals surface area contributed by atoms with E-state index in [2.05, 4.69) is 5.32 Å². The third kappa shape index (κ3) is 3.81. The van der Waals surface area contributed by atoms with Gasteiger partial charge in [-0.05, 0) is 19.4 Å². The molecule has 0 aromatic heterocycles. The fourth-order valence-corrected chi connectivity index (χ4v) is 1.97. The van der Waals surface area contributed by atoms with Crippen LogP contribution in [0.2, 0.25) is 0 Å². The smallest absolute Gasteiger partial charge is 0.223 e. The molecule has 1 unspecified atom stereocenters. The zero-order chi connectivity index (χ0) is 12.0. The van der Waals surface area contributed by atoms with Crippen LogP contribution < -0.4 is 11.1 Å². The van der Waals surface area contributed by atoms with Crippen LogP contribution in [0.4, 0.5) is 0 Å². The number of hydrogen-bond acceptors (Lipinski definition) is 3. The molecule has 1 aliphatic rings. The summed E-state index contributed by atoms with van der Waals surface area (Å²) in [5.41, 5.74) is 5.26.